The molecule has 1 aliphatic heterocycles. The zero-order valence-electron chi connectivity index (χ0n) is 15.5. The summed E-state index contributed by atoms with van der Waals surface area (Å²) in [6, 6.07) is 9.15. The Bertz CT molecular complexity index is 1110. The van der Waals surface area contributed by atoms with Crippen LogP contribution in [0.3, 0.4) is 0 Å². The van der Waals surface area contributed by atoms with Crippen molar-refractivity contribution in [3.63, 3.8) is 0 Å². The number of alkyl halides is 3. The number of nitrogens with zero attached hydrogens (tertiary/aromatic N) is 1. The Kier molecular flexibility index (Phi) is 6.36. The Morgan fingerprint density at radius 1 is 1.19 bits per heavy atom. The first-order valence-corrected chi connectivity index (χ1v) is 8.90. The molecule has 3 rings (SSSR count). The van der Waals surface area contributed by atoms with E-state index in [-0.39, 0.29) is 11.8 Å². The van der Waals surface area contributed by atoms with Crippen LogP contribution in [-0.4, -0.2) is 25.3 Å². The maximum Gasteiger partial charge on any atom is 0.418 e. The predicted octanol–water partition coefficient (Wildman–Crippen LogP) is 4.18. The lowest BCUT2D eigenvalue weighted by atomic mass is 10.1. The molecule has 1 N–H and O–H groups in total. The third-order valence-electron chi connectivity index (χ3n) is 3.94. The summed E-state index contributed by atoms with van der Waals surface area (Å²) in [5.41, 5.74) is -1.68. The van der Waals surface area contributed by atoms with E-state index >= 15 is 0 Å². The van der Waals surface area contributed by atoms with Gasteiger partial charge in [-0.25, -0.2) is 4.79 Å². The molecule has 31 heavy (non-hydrogen) atoms. The summed E-state index contributed by atoms with van der Waals surface area (Å²) in [4.78, 5) is 24.1. The number of amides is 1. The molecule has 2 aromatic rings. The number of carbonyl (C=O) groups is 2. The van der Waals surface area contributed by atoms with E-state index in [1.165, 1.54) is 12.1 Å². The van der Waals surface area contributed by atoms with Gasteiger partial charge in [-0.3, -0.25) is 4.79 Å². The third-order valence-corrected chi connectivity index (χ3v) is 4.18. The molecule has 0 saturated carbocycles. The van der Waals surface area contributed by atoms with Gasteiger partial charge >= 0.3 is 12.1 Å². The number of anilines is 1. The van der Waals surface area contributed by atoms with Crippen LogP contribution in [0, 0.1) is 11.3 Å². The first-order valence-electron chi connectivity index (χ1n) is 8.52. The molecule has 0 spiro atoms. The first kappa shape index (κ1) is 22.0. The number of nitriles is 1. The normalized spacial score (nSPS) is 12.8. The first-order chi connectivity index (χ1) is 14.7. The molecule has 0 saturated heterocycles. The maximum absolute atomic E-state index is 13.1. The van der Waals surface area contributed by atoms with Crippen LogP contribution in [0.2, 0.25) is 5.02 Å². The van der Waals surface area contributed by atoms with Crippen molar-refractivity contribution in [2.24, 2.45) is 0 Å². The number of hydrogen-bond acceptors (Lipinski definition) is 6. The minimum absolute atomic E-state index is 0.0500. The van der Waals surface area contributed by atoms with E-state index in [9.17, 15) is 28.0 Å². The Morgan fingerprint density at radius 2 is 1.94 bits per heavy atom. The van der Waals surface area contributed by atoms with Gasteiger partial charge in [-0.1, -0.05) is 17.7 Å². The number of rotatable bonds is 5. The minimum atomic E-state index is -4.76. The van der Waals surface area contributed by atoms with Crippen molar-refractivity contribution < 1.29 is 37.0 Å². The summed E-state index contributed by atoms with van der Waals surface area (Å²) < 4.78 is 54.3. The second-order valence-corrected chi connectivity index (χ2v) is 6.53. The summed E-state index contributed by atoms with van der Waals surface area (Å²) in [6.45, 7) is -0.854. The highest BCUT2D eigenvalue weighted by atomic mass is 35.5. The summed E-state index contributed by atoms with van der Waals surface area (Å²) in [7, 11) is 0. The molecule has 0 bridgehead atoms. The smallest absolute Gasteiger partial charge is 0.418 e. The zero-order chi connectivity index (χ0) is 22.6. The van der Waals surface area contributed by atoms with Crippen molar-refractivity contribution in [1.82, 2.24) is 0 Å². The highest BCUT2D eigenvalue weighted by molar-refractivity contribution is 6.30. The van der Waals surface area contributed by atoms with Crippen molar-refractivity contribution in [3.05, 3.63) is 58.1 Å². The lowest BCUT2D eigenvalue weighted by Gasteiger charge is -2.14. The quantitative estimate of drug-likeness (QED) is 0.415. The molecule has 7 nitrogen and oxygen atoms in total. The lowest BCUT2D eigenvalue weighted by molar-refractivity contribution is -0.143. The fraction of sp³-hybridized carbons (Fsp3) is 0.150. The number of hydrogen-bond donors (Lipinski definition) is 1. The molecular weight excluding hydrogens is 441 g/mol. The van der Waals surface area contributed by atoms with E-state index in [2.05, 4.69) is 0 Å². The molecular formula is C20H12ClF3N2O5. The van der Waals surface area contributed by atoms with Crippen molar-refractivity contribution in [3.8, 4) is 17.6 Å². The molecule has 0 radical (unpaired) electrons. The lowest BCUT2D eigenvalue weighted by Crippen LogP contribution is -2.23. The van der Waals surface area contributed by atoms with Crippen LogP contribution in [0.15, 0.2) is 42.0 Å². The predicted molar refractivity (Wildman–Crippen MR) is 102 cm³/mol. The second kappa shape index (κ2) is 8.97. The molecule has 160 valence electrons. The molecule has 2 aromatic carbocycles. The molecule has 0 unspecified atom stereocenters. The SMILES string of the molecule is N#CC(=Cc1ccc2c(c1)OCO2)C(=O)OCC(=O)Nc1ccc(Cl)cc1C(F)(F)F. The Labute approximate surface area is 178 Å². The topological polar surface area (TPSA) is 97.7 Å². The van der Waals surface area contributed by atoms with Gasteiger partial charge < -0.3 is 19.5 Å². The minimum Gasteiger partial charge on any atom is -0.454 e. The van der Waals surface area contributed by atoms with E-state index in [0.717, 1.165) is 6.07 Å². The standard InChI is InChI=1S/C20H12ClF3N2O5/c21-13-2-3-15(14(7-13)20(22,23)24)26-18(27)9-29-19(28)12(8-25)5-11-1-4-16-17(6-11)31-10-30-16/h1-7H,9-10H2,(H,26,27). The monoisotopic (exact) mass is 452 g/mol. The van der Waals surface area contributed by atoms with Crippen LogP contribution < -0.4 is 14.8 Å². The summed E-state index contributed by atoms with van der Waals surface area (Å²) in [5, 5.41) is 11.0. The van der Waals surface area contributed by atoms with Crippen LogP contribution in [0.1, 0.15) is 11.1 Å². The average molecular weight is 453 g/mol. The second-order valence-electron chi connectivity index (χ2n) is 6.09. The number of benzene rings is 2. The van der Waals surface area contributed by atoms with Gasteiger partial charge in [0.2, 0.25) is 6.79 Å². The molecule has 1 aliphatic rings. The van der Waals surface area contributed by atoms with E-state index in [1.54, 1.807) is 24.3 Å². The van der Waals surface area contributed by atoms with Crippen LogP contribution in [0.25, 0.3) is 6.08 Å². The number of halogens is 4. The van der Waals surface area contributed by atoms with E-state index in [0.29, 0.717) is 23.1 Å². The van der Waals surface area contributed by atoms with Gasteiger partial charge in [0.05, 0.1) is 11.3 Å². The highest BCUT2D eigenvalue weighted by Crippen LogP contribution is 2.36. The average Bonchev–Trinajstić information content (AvgIpc) is 3.18. The molecule has 1 heterocycles. The fourth-order valence-electron chi connectivity index (χ4n) is 2.56. The Balaban J connectivity index is 1.65. The van der Waals surface area contributed by atoms with Crippen LogP contribution in [0.5, 0.6) is 11.5 Å². The number of ether oxygens (including phenoxy) is 3. The highest BCUT2D eigenvalue weighted by Gasteiger charge is 2.34. The van der Waals surface area contributed by atoms with Crippen LogP contribution in [0.4, 0.5) is 18.9 Å². The van der Waals surface area contributed by atoms with Crippen molar-refractivity contribution in [2.75, 3.05) is 18.7 Å². The number of carbonyl (C=O) groups excluding carboxylic acids is 2. The fourth-order valence-corrected chi connectivity index (χ4v) is 2.73. The Morgan fingerprint density at radius 3 is 2.65 bits per heavy atom. The zero-order valence-corrected chi connectivity index (χ0v) is 16.2. The van der Waals surface area contributed by atoms with E-state index in [1.807, 2.05) is 5.32 Å². The van der Waals surface area contributed by atoms with Gasteiger partial charge in [0.15, 0.2) is 18.1 Å². The molecule has 0 aromatic heterocycles. The van der Waals surface area contributed by atoms with Gasteiger partial charge in [-0.2, -0.15) is 18.4 Å². The van der Waals surface area contributed by atoms with Gasteiger partial charge in [0, 0.05) is 5.02 Å². The summed E-state index contributed by atoms with van der Waals surface area (Å²) in [6.07, 6.45) is -3.55. The summed E-state index contributed by atoms with van der Waals surface area (Å²) in [5.74, 6) is -1.21. The van der Waals surface area contributed by atoms with Crippen LogP contribution >= 0.6 is 11.6 Å². The van der Waals surface area contributed by atoms with Gasteiger partial charge in [0.1, 0.15) is 11.6 Å². The largest absolute Gasteiger partial charge is 0.454 e. The summed E-state index contributed by atoms with van der Waals surface area (Å²) >= 11 is 5.58. The number of fused-ring (bicyclic) bond motifs is 1. The van der Waals surface area contributed by atoms with Crippen LogP contribution in [-0.2, 0) is 20.5 Å². The van der Waals surface area contributed by atoms with Crippen molar-refractivity contribution in [1.29, 1.82) is 5.26 Å². The van der Waals surface area contributed by atoms with Gasteiger partial charge in [0.25, 0.3) is 5.91 Å². The maximum atomic E-state index is 13.1. The van der Waals surface area contributed by atoms with Gasteiger partial charge in [-0.15, -0.1) is 0 Å². The van der Waals surface area contributed by atoms with Crippen molar-refractivity contribution >= 4 is 35.2 Å². The van der Waals surface area contributed by atoms with E-state index in [4.69, 9.17) is 25.8 Å². The molecule has 0 fully saturated rings. The molecule has 0 atom stereocenters. The van der Waals surface area contributed by atoms with E-state index < -0.39 is 41.5 Å². The number of nitrogens with one attached hydrogen (secondary N) is 1. The molecule has 1 amide bonds. The van der Waals surface area contributed by atoms with Gasteiger partial charge in [-0.05, 0) is 42.0 Å². The third kappa shape index (κ3) is 5.46. The molecule has 11 heteroatoms. The molecule has 0 aliphatic carbocycles. The Hall–Kier alpha value is -3.71. The number of esters is 1. The van der Waals surface area contributed by atoms with Crippen molar-refractivity contribution in [2.45, 2.75) is 6.18 Å².